The number of nitrogens with one attached hydrogen (secondary N) is 1. The highest BCUT2D eigenvalue weighted by molar-refractivity contribution is 7.09. The first kappa shape index (κ1) is 13.9. The third-order valence-corrected chi connectivity index (χ3v) is 4.72. The molecule has 2 aromatic rings. The van der Waals surface area contributed by atoms with E-state index in [0.29, 0.717) is 0 Å². The fraction of sp³-hybridized carbons (Fsp3) is 0.400. The topological polar surface area (TPSA) is 34.2 Å². The number of benzene rings is 1. The van der Waals surface area contributed by atoms with E-state index in [0.717, 1.165) is 40.0 Å². The Morgan fingerprint density at radius 2 is 2.35 bits per heavy atom. The van der Waals surface area contributed by atoms with Crippen LogP contribution in [-0.2, 0) is 0 Å². The van der Waals surface area contributed by atoms with Gasteiger partial charge in [-0.2, -0.15) is 0 Å². The quantitative estimate of drug-likeness (QED) is 0.919. The van der Waals surface area contributed by atoms with Gasteiger partial charge >= 0.3 is 0 Å². The monoisotopic (exact) mass is 308 g/mol. The summed E-state index contributed by atoms with van der Waals surface area (Å²) >= 11 is 7.77. The molecule has 2 atom stereocenters. The third kappa shape index (κ3) is 2.68. The van der Waals surface area contributed by atoms with Crippen LogP contribution >= 0.6 is 22.9 Å². The number of nitrogens with zero attached hydrogens (tertiary/aromatic N) is 1. The molecule has 1 aromatic heterocycles. The number of hydrogen-bond acceptors (Lipinski definition) is 4. The van der Waals surface area contributed by atoms with Crippen LogP contribution in [0.1, 0.15) is 41.8 Å². The number of thiazole rings is 1. The number of ether oxygens (including phenoxy) is 1. The molecule has 20 heavy (non-hydrogen) atoms. The van der Waals surface area contributed by atoms with E-state index in [1.807, 2.05) is 25.1 Å². The van der Waals surface area contributed by atoms with E-state index in [1.165, 1.54) is 0 Å². The lowest BCUT2D eigenvalue weighted by atomic mass is 9.96. The van der Waals surface area contributed by atoms with Gasteiger partial charge < -0.3 is 10.1 Å². The molecule has 0 fully saturated rings. The Morgan fingerprint density at radius 1 is 1.50 bits per heavy atom. The van der Waals surface area contributed by atoms with Gasteiger partial charge in [-0.05, 0) is 31.7 Å². The Balaban J connectivity index is 1.94. The van der Waals surface area contributed by atoms with Crippen LogP contribution in [0.3, 0.4) is 0 Å². The summed E-state index contributed by atoms with van der Waals surface area (Å²) in [5, 5.41) is 7.38. The highest BCUT2D eigenvalue weighted by Gasteiger charge is 2.30. The average Bonchev–Trinajstić information content (AvgIpc) is 2.86. The highest BCUT2D eigenvalue weighted by Crippen LogP contribution is 2.42. The minimum atomic E-state index is 0.0198. The van der Waals surface area contributed by atoms with E-state index in [2.05, 4.69) is 22.6 Å². The van der Waals surface area contributed by atoms with Gasteiger partial charge in [0.1, 0.15) is 10.8 Å². The molecular formula is C15H17ClN2OS. The van der Waals surface area contributed by atoms with E-state index in [4.69, 9.17) is 16.3 Å². The maximum absolute atomic E-state index is 6.11. The van der Waals surface area contributed by atoms with Crippen molar-refractivity contribution in [3.05, 3.63) is 44.9 Å². The second-order valence-electron chi connectivity index (χ2n) is 4.96. The number of halogens is 1. The summed E-state index contributed by atoms with van der Waals surface area (Å²) in [6, 6.07) is 6.08. The van der Waals surface area contributed by atoms with Gasteiger partial charge in [-0.3, -0.25) is 0 Å². The number of aryl methyl sites for hydroxylation is 1. The van der Waals surface area contributed by atoms with Crippen LogP contribution in [-0.4, -0.2) is 11.5 Å². The summed E-state index contributed by atoms with van der Waals surface area (Å²) in [6.07, 6.45) is 0.903. The molecule has 0 radical (unpaired) electrons. The SMILES string of the molecule is CCNC1CC(c2nc(C)cs2)Oc2ccc(Cl)cc21. The van der Waals surface area contributed by atoms with Crippen molar-refractivity contribution in [2.75, 3.05) is 6.54 Å². The Kier molecular flexibility index (Phi) is 3.96. The number of aromatic nitrogens is 1. The molecule has 0 bridgehead atoms. The van der Waals surface area contributed by atoms with Gasteiger partial charge in [0.15, 0.2) is 6.10 Å². The van der Waals surface area contributed by atoms with Crippen LogP contribution in [0.2, 0.25) is 5.02 Å². The molecule has 0 amide bonds. The van der Waals surface area contributed by atoms with Crippen LogP contribution < -0.4 is 10.1 Å². The highest BCUT2D eigenvalue weighted by atomic mass is 35.5. The molecule has 3 nitrogen and oxygen atoms in total. The van der Waals surface area contributed by atoms with Gasteiger partial charge in [0, 0.05) is 34.1 Å². The zero-order valence-electron chi connectivity index (χ0n) is 11.5. The molecular weight excluding hydrogens is 292 g/mol. The minimum absolute atomic E-state index is 0.0198. The van der Waals surface area contributed by atoms with E-state index >= 15 is 0 Å². The summed E-state index contributed by atoms with van der Waals surface area (Å²) in [5.41, 5.74) is 2.19. The minimum Gasteiger partial charge on any atom is -0.483 e. The molecule has 0 saturated carbocycles. The number of rotatable bonds is 3. The lowest BCUT2D eigenvalue weighted by molar-refractivity contribution is 0.151. The number of hydrogen-bond donors (Lipinski definition) is 1. The van der Waals surface area contributed by atoms with Crippen molar-refractivity contribution in [2.45, 2.75) is 32.4 Å². The predicted octanol–water partition coefficient (Wildman–Crippen LogP) is 4.28. The van der Waals surface area contributed by atoms with Crippen molar-refractivity contribution in [1.82, 2.24) is 10.3 Å². The molecule has 0 aliphatic carbocycles. The van der Waals surface area contributed by atoms with Crippen LogP contribution in [0, 0.1) is 6.92 Å². The standard InChI is InChI=1S/C15H17ClN2OS/c1-3-17-12-7-14(15-18-9(2)8-20-15)19-13-5-4-10(16)6-11(12)13/h4-6,8,12,14,17H,3,7H2,1-2H3. The molecule has 5 heteroatoms. The first-order valence-corrected chi connectivity index (χ1v) is 8.04. The zero-order valence-corrected chi connectivity index (χ0v) is 13.1. The first-order chi connectivity index (χ1) is 9.67. The zero-order chi connectivity index (χ0) is 14.1. The van der Waals surface area contributed by atoms with E-state index in [1.54, 1.807) is 11.3 Å². The van der Waals surface area contributed by atoms with Crippen LogP contribution in [0.25, 0.3) is 0 Å². The van der Waals surface area contributed by atoms with Crippen LogP contribution in [0.5, 0.6) is 5.75 Å². The van der Waals surface area contributed by atoms with Crippen molar-refractivity contribution in [3.8, 4) is 5.75 Å². The van der Waals surface area contributed by atoms with Crippen molar-refractivity contribution >= 4 is 22.9 Å². The molecule has 2 unspecified atom stereocenters. The Hall–Kier alpha value is -1.10. The van der Waals surface area contributed by atoms with Crippen molar-refractivity contribution in [3.63, 3.8) is 0 Å². The lowest BCUT2D eigenvalue weighted by Crippen LogP contribution is -2.29. The van der Waals surface area contributed by atoms with E-state index < -0.39 is 0 Å². The maximum Gasteiger partial charge on any atom is 0.152 e. The largest absolute Gasteiger partial charge is 0.483 e. The fourth-order valence-corrected chi connectivity index (χ4v) is 3.57. The second kappa shape index (κ2) is 5.72. The molecule has 1 aliphatic rings. The molecule has 3 rings (SSSR count). The molecule has 1 aliphatic heterocycles. The van der Waals surface area contributed by atoms with Crippen LogP contribution in [0.15, 0.2) is 23.6 Å². The van der Waals surface area contributed by atoms with Gasteiger partial charge in [-0.15, -0.1) is 11.3 Å². The summed E-state index contributed by atoms with van der Waals surface area (Å²) in [4.78, 5) is 4.56. The smallest absolute Gasteiger partial charge is 0.152 e. The summed E-state index contributed by atoms with van der Waals surface area (Å²) in [7, 11) is 0. The molecule has 0 spiro atoms. The number of fused-ring (bicyclic) bond motifs is 1. The molecule has 106 valence electrons. The molecule has 1 N–H and O–H groups in total. The van der Waals surface area contributed by atoms with Gasteiger partial charge in [0.2, 0.25) is 0 Å². The van der Waals surface area contributed by atoms with Gasteiger partial charge in [0.25, 0.3) is 0 Å². The maximum atomic E-state index is 6.11. The normalized spacial score (nSPS) is 21.4. The Morgan fingerprint density at radius 3 is 3.05 bits per heavy atom. The van der Waals surface area contributed by atoms with Crippen LogP contribution in [0.4, 0.5) is 0 Å². The Bertz CT molecular complexity index is 614. The van der Waals surface area contributed by atoms with E-state index in [-0.39, 0.29) is 12.1 Å². The fourth-order valence-electron chi connectivity index (χ4n) is 2.55. The van der Waals surface area contributed by atoms with Gasteiger partial charge in [-0.1, -0.05) is 18.5 Å². The second-order valence-corrected chi connectivity index (χ2v) is 6.29. The molecule has 1 aromatic carbocycles. The van der Waals surface area contributed by atoms with Crippen molar-refractivity contribution in [2.24, 2.45) is 0 Å². The summed E-state index contributed by atoms with van der Waals surface area (Å²) in [5.74, 6) is 0.907. The summed E-state index contributed by atoms with van der Waals surface area (Å²) < 4.78 is 6.11. The first-order valence-electron chi connectivity index (χ1n) is 6.79. The van der Waals surface area contributed by atoms with E-state index in [9.17, 15) is 0 Å². The summed E-state index contributed by atoms with van der Waals surface area (Å²) in [6.45, 7) is 5.04. The molecule has 0 saturated heterocycles. The van der Waals surface area contributed by atoms with Crippen molar-refractivity contribution in [1.29, 1.82) is 0 Å². The predicted molar refractivity (Wildman–Crippen MR) is 82.7 cm³/mol. The Labute approximate surface area is 127 Å². The van der Waals surface area contributed by atoms with Gasteiger partial charge in [-0.25, -0.2) is 4.98 Å². The third-order valence-electron chi connectivity index (χ3n) is 3.43. The average molecular weight is 309 g/mol. The molecule has 2 heterocycles. The van der Waals surface area contributed by atoms with Crippen molar-refractivity contribution < 1.29 is 4.74 Å². The lowest BCUT2D eigenvalue weighted by Gasteiger charge is -2.31. The van der Waals surface area contributed by atoms with Gasteiger partial charge in [0.05, 0.1) is 0 Å².